The van der Waals surface area contributed by atoms with Crippen molar-refractivity contribution in [3.63, 3.8) is 0 Å². The zero-order valence-electron chi connectivity index (χ0n) is 47.3. The maximum atomic E-state index is 13.3. The van der Waals surface area contributed by atoms with Crippen LogP contribution in [-0.2, 0) is 12.4 Å². The number of fused-ring (bicyclic) bond motifs is 3. The standard InChI is InChI=1S/C22H25F3N6.C19H25FN4O2.C18H21F3N4O/c1-11(2)31-19(20-15-5-14(6-16(15)20)30-9-13(10-30)27-3)7-18(29-31)12-4-17(22(23,24)25)21(26)28-8-12;1-9(2)24-16(18-13-5-12(25)6-14(13)18)7-15(23-24)11-4-17(26-10(3)20)19(21)22-8-11;1-8(2)25-15(16-11-4-10(26)5-12(11)16)6-14(24-25)9-3-13(18(19,20)21)17(22)23-7-9/h4,7-8,11,13-16,20H,5-6,9-10H2,1-2H3,(H2,26,28);4,7-10,12-14,18,25H,5-6H2,1-3H3,(H2,21,22);3,6-8,10-12,16,26H,4-5H2,1-2H3,(H2,22,23)/t14?,15-,16+,20?;10?,12?,13-,14+,18?;10?,11-,12+,16?. The molecular formula is C59H71F7N14O3. The molecule has 0 radical (unpaired) electrons. The number of nitrogens with two attached hydrogens (primary N) is 3. The molecule has 0 bridgehead atoms. The number of nitrogen functional groups attached to an aromatic ring is 3. The second-order valence-electron chi connectivity index (χ2n) is 24.7. The number of halogens is 7. The number of ether oxygens (including phenoxy) is 1. The number of alkyl halides is 7. The second-order valence-corrected chi connectivity index (χ2v) is 24.7. The Balaban J connectivity index is 0.000000131. The average Bonchev–Trinajstić information content (AvgIpc) is 1.94. The highest BCUT2D eigenvalue weighted by Gasteiger charge is 2.61. The van der Waals surface area contributed by atoms with Gasteiger partial charge < -0.3 is 37.0 Å². The number of aliphatic hydroxyl groups excluding tert-OH is 2. The first-order chi connectivity index (χ1) is 39.2. The lowest BCUT2D eigenvalue weighted by atomic mass is 9.98. The summed E-state index contributed by atoms with van der Waals surface area (Å²) in [5.74, 6) is 3.72. The summed E-state index contributed by atoms with van der Waals surface area (Å²) in [5, 5.41) is 33.5. The molecule has 6 aromatic rings. The molecule has 7 fully saturated rings. The van der Waals surface area contributed by atoms with Crippen molar-refractivity contribution >= 4 is 17.5 Å². The molecule has 0 spiro atoms. The van der Waals surface area contributed by atoms with Gasteiger partial charge in [-0.15, -0.1) is 0 Å². The summed E-state index contributed by atoms with van der Waals surface area (Å²) < 4.78 is 103. The smallest absolute Gasteiger partial charge is 0.419 e. The highest BCUT2D eigenvalue weighted by atomic mass is 19.4. The van der Waals surface area contributed by atoms with E-state index in [0.717, 1.165) is 86.4 Å². The number of hydrogen-bond donors (Lipinski definition) is 5. The number of aromatic nitrogens is 9. The molecule has 6 saturated carbocycles. The summed E-state index contributed by atoms with van der Waals surface area (Å²) in [4.78, 5) is 17.6. The molecule has 13 atom stereocenters. The summed E-state index contributed by atoms with van der Waals surface area (Å²) in [6.45, 7) is 22.5. The van der Waals surface area contributed by atoms with Crippen molar-refractivity contribution in [1.82, 2.24) is 49.2 Å². The van der Waals surface area contributed by atoms with Gasteiger partial charge in [0.25, 0.3) is 0 Å². The van der Waals surface area contributed by atoms with Gasteiger partial charge in [0.1, 0.15) is 11.6 Å². The Kier molecular flexibility index (Phi) is 15.1. The van der Waals surface area contributed by atoms with Crippen LogP contribution in [0, 0.1) is 42.1 Å². The number of nitrogens with zero attached hydrogens (tertiary/aromatic N) is 11. The third-order valence-electron chi connectivity index (χ3n) is 18.1. The van der Waals surface area contributed by atoms with Crippen LogP contribution in [-0.4, -0.2) is 103 Å². The number of aliphatic hydroxyl groups is 2. The van der Waals surface area contributed by atoms with E-state index in [9.17, 15) is 40.9 Å². The van der Waals surface area contributed by atoms with Crippen molar-refractivity contribution in [3.8, 4) is 39.5 Å². The van der Waals surface area contributed by atoms with E-state index < -0.39 is 41.5 Å². The number of likely N-dealkylation sites (tertiary alicyclic amines) is 1. The minimum atomic E-state index is -4.56. The van der Waals surface area contributed by atoms with Crippen LogP contribution in [0.25, 0.3) is 38.6 Å². The lowest BCUT2D eigenvalue weighted by molar-refractivity contribution is -0.137. The van der Waals surface area contributed by atoms with E-state index >= 15 is 0 Å². The topological polar surface area (TPSA) is 227 Å². The molecule has 7 heterocycles. The van der Waals surface area contributed by atoms with Crippen molar-refractivity contribution in [1.29, 1.82) is 0 Å². The zero-order chi connectivity index (χ0) is 59.5. The molecule has 0 amide bonds. The van der Waals surface area contributed by atoms with Crippen LogP contribution in [0.4, 0.5) is 48.2 Å². The lowest BCUT2D eigenvalue weighted by Crippen LogP contribution is -2.53. The van der Waals surface area contributed by atoms with E-state index in [1.807, 2.05) is 49.2 Å². The van der Waals surface area contributed by atoms with E-state index in [-0.39, 0.29) is 47.9 Å². The lowest BCUT2D eigenvalue weighted by Gasteiger charge is -2.37. The Bertz CT molecular complexity index is 3380. The van der Waals surface area contributed by atoms with Gasteiger partial charge in [0, 0.05) is 101 Å². The van der Waals surface area contributed by atoms with Gasteiger partial charge in [-0.05, 0) is 152 Å². The fraction of sp³-hybridized carbons (Fsp3) is 0.576. The van der Waals surface area contributed by atoms with E-state index in [2.05, 4.69) is 59.5 Å². The van der Waals surface area contributed by atoms with Crippen LogP contribution in [0.1, 0.15) is 151 Å². The van der Waals surface area contributed by atoms with Gasteiger partial charge in [-0.2, -0.15) is 41.6 Å². The number of rotatable bonds is 12. The molecule has 8 N–H and O–H groups in total. The predicted molar refractivity (Wildman–Crippen MR) is 297 cm³/mol. The molecule has 17 nitrogen and oxygen atoms in total. The summed E-state index contributed by atoms with van der Waals surface area (Å²) >= 11 is 0. The highest BCUT2D eigenvalue weighted by Crippen LogP contribution is 2.66. The predicted octanol–water partition coefficient (Wildman–Crippen LogP) is 11.1. The van der Waals surface area contributed by atoms with Gasteiger partial charge in [-0.1, -0.05) is 0 Å². The molecule has 6 aliphatic carbocycles. The normalized spacial score (nSPS) is 28.2. The first kappa shape index (κ1) is 58.0. The largest absolute Gasteiger partial charge is 0.457 e. The van der Waals surface area contributed by atoms with Crippen LogP contribution in [0.5, 0.6) is 5.75 Å². The zero-order valence-corrected chi connectivity index (χ0v) is 47.3. The Hall–Kier alpha value is -6.84. The van der Waals surface area contributed by atoms with E-state index in [1.54, 1.807) is 12.3 Å². The molecule has 83 heavy (non-hydrogen) atoms. The van der Waals surface area contributed by atoms with Crippen LogP contribution in [0.15, 0.2) is 55.0 Å². The average molecular weight is 1160 g/mol. The van der Waals surface area contributed by atoms with Crippen molar-refractivity contribution in [2.24, 2.45) is 35.5 Å². The SMILES string of the molecule is CC(C)n1nc(-c2cnc(N)c(C(F)(F)F)c2)cc1C1[C@H]2CC(O)C[C@@H]12.CC(F)Oc1cc(-c2cc(C3[C@H]4CC(O)C[C@@H]34)n(C(C)C)n2)cnc1N.[C-]#[N+]C1CN(C2C[C@@H]3C(c4cc(-c5cnc(N)c(C(F)(F)F)c5)nn4C(C)C)[C@@H]3C2)C1. The second kappa shape index (κ2) is 21.7. The van der Waals surface area contributed by atoms with Gasteiger partial charge in [0.15, 0.2) is 11.6 Å². The molecule has 1 saturated heterocycles. The van der Waals surface area contributed by atoms with E-state index in [0.29, 0.717) is 81.8 Å². The Labute approximate surface area is 476 Å². The van der Waals surface area contributed by atoms with E-state index in [4.69, 9.17) is 33.6 Å². The van der Waals surface area contributed by atoms with Gasteiger partial charge >= 0.3 is 12.4 Å². The monoisotopic (exact) mass is 1160 g/mol. The molecule has 1 aliphatic heterocycles. The molecule has 7 unspecified atom stereocenters. The van der Waals surface area contributed by atoms with Crippen molar-refractivity contribution < 1.29 is 45.7 Å². The minimum absolute atomic E-state index is 0.0915. The number of pyridine rings is 3. The summed E-state index contributed by atoms with van der Waals surface area (Å²) in [7, 11) is 0. The molecular weight excluding hydrogens is 1090 g/mol. The van der Waals surface area contributed by atoms with Gasteiger partial charge in [-0.3, -0.25) is 18.9 Å². The van der Waals surface area contributed by atoms with Crippen LogP contribution < -0.4 is 21.9 Å². The Morgan fingerprint density at radius 1 is 0.542 bits per heavy atom. The maximum absolute atomic E-state index is 13.3. The van der Waals surface area contributed by atoms with Crippen LogP contribution >= 0.6 is 0 Å². The molecule has 0 aromatic carbocycles. The summed E-state index contributed by atoms with van der Waals surface area (Å²) in [6.07, 6.45) is -1.04. The number of anilines is 3. The number of hydrogen-bond acceptors (Lipinski definition) is 13. The van der Waals surface area contributed by atoms with Crippen LogP contribution in [0.2, 0.25) is 0 Å². The fourth-order valence-electron chi connectivity index (χ4n) is 14.1. The first-order valence-electron chi connectivity index (χ1n) is 28.7. The molecule has 24 heteroatoms. The Morgan fingerprint density at radius 3 is 1.20 bits per heavy atom. The maximum Gasteiger partial charge on any atom is 0.419 e. The molecule has 7 aliphatic rings. The van der Waals surface area contributed by atoms with Crippen molar-refractivity contribution in [2.45, 2.75) is 166 Å². The summed E-state index contributed by atoms with van der Waals surface area (Å²) in [6, 6.07) is 10.8. The third-order valence-corrected chi connectivity index (χ3v) is 18.1. The van der Waals surface area contributed by atoms with Crippen LogP contribution in [0.3, 0.4) is 0 Å². The van der Waals surface area contributed by atoms with Crippen molar-refractivity contribution in [3.05, 3.63) is 94.6 Å². The van der Waals surface area contributed by atoms with Gasteiger partial charge in [0.05, 0.1) is 53.5 Å². The fourth-order valence-corrected chi connectivity index (χ4v) is 14.1. The summed E-state index contributed by atoms with van der Waals surface area (Å²) in [5.41, 5.74) is 21.2. The molecule has 444 valence electrons. The molecule has 13 rings (SSSR count). The Morgan fingerprint density at radius 2 is 0.880 bits per heavy atom. The van der Waals surface area contributed by atoms with Gasteiger partial charge in [0.2, 0.25) is 12.4 Å². The minimum Gasteiger partial charge on any atom is -0.457 e. The van der Waals surface area contributed by atoms with E-state index in [1.165, 1.54) is 25.0 Å². The first-order valence-corrected chi connectivity index (χ1v) is 28.7. The third kappa shape index (κ3) is 11.4. The van der Waals surface area contributed by atoms with Gasteiger partial charge in [-0.25, -0.2) is 25.9 Å². The molecule has 6 aromatic heterocycles. The highest BCUT2D eigenvalue weighted by molar-refractivity contribution is 5.66. The van der Waals surface area contributed by atoms with Crippen molar-refractivity contribution in [2.75, 3.05) is 30.3 Å². The quantitative estimate of drug-likeness (QED) is 0.0568.